The predicted octanol–water partition coefficient (Wildman–Crippen LogP) is 1.49. The summed E-state index contributed by atoms with van der Waals surface area (Å²) in [6, 6.07) is 12.9. The molecule has 2 amide bonds. The lowest BCUT2D eigenvalue weighted by molar-refractivity contribution is -0.129. The van der Waals surface area contributed by atoms with Gasteiger partial charge in [0.1, 0.15) is 11.9 Å². The van der Waals surface area contributed by atoms with Crippen LogP contribution in [0.5, 0.6) is 0 Å². The Kier molecular flexibility index (Phi) is 6.82. The van der Waals surface area contributed by atoms with Crippen molar-refractivity contribution >= 4 is 17.6 Å². The number of carbonyl (C=O) groups is 2. The number of nitrogen functional groups attached to an aromatic ring is 1. The van der Waals surface area contributed by atoms with Crippen molar-refractivity contribution in [3.63, 3.8) is 0 Å². The van der Waals surface area contributed by atoms with E-state index in [0.717, 1.165) is 30.6 Å². The Morgan fingerprint density at radius 2 is 2.00 bits per heavy atom. The number of pyridine rings is 1. The SMILES string of the molecule is CCc1nc(N)ccc1CNC(=O)[C@H](C)NC(=O)[C@H]1C[C@H](c2ccccc2)CN1. The van der Waals surface area contributed by atoms with Crippen LogP contribution in [0.3, 0.4) is 0 Å². The lowest BCUT2D eigenvalue weighted by atomic mass is 9.96. The van der Waals surface area contributed by atoms with Crippen LogP contribution in [-0.2, 0) is 22.6 Å². The molecule has 154 valence electrons. The average Bonchev–Trinajstić information content (AvgIpc) is 3.23. The van der Waals surface area contributed by atoms with Crippen molar-refractivity contribution in [2.45, 2.75) is 51.2 Å². The van der Waals surface area contributed by atoms with Crippen LogP contribution in [0, 0.1) is 0 Å². The number of nitrogens with zero attached hydrogens (tertiary/aromatic N) is 1. The van der Waals surface area contributed by atoms with Gasteiger partial charge in [0.05, 0.1) is 6.04 Å². The molecule has 1 aliphatic rings. The Bertz CT molecular complexity index is 856. The van der Waals surface area contributed by atoms with Gasteiger partial charge in [-0.05, 0) is 42.9 Å². The van der Waals surface area contributed by atoms with Crippen LogP contribution < -0.4 is 21.7 Å². The Hall–Kier alpha value is -2.93. The maximum absolute atomic E-state index is 12.6. The van der Waals surface area contributed by atoms with E-state index >= 15 is 0 Å². The molecule has 0 unspecified atom stereocenters. The second-order valence-electron chi connectivity index (χ2n) is 7.45. The summed E-state index contributed by atoms with van der Waals surface area (Å²) in [5, 5.41) is 8.95. The van der Waals surface area contributed by atoms with E-state index in [1.165, 1.54) is 5.56 Å². The minimum Gasteiger partial charge on any atom is -0.384 e. The molecule has 1 aromatic carbocycles. The summed E-state index contributed by atoms with van der Waals surface area (Å²) >= 11 is 0. The van der Waals surface area contributed by atoms with Crippen LogP contribution in [0.1, 0.15) is 43.0 Å². The second-order valence-corrected chi connectivity index (χ2v) is 7.45. The minimum atomic E-state index is -0.619. The molecule has 7 nitrogen and oxygen atoms in total. The molecule has 1 saturated heterocycles. The third-order valence-corrected chi connectivity index (χ3v) is 5.35. The zero-order chi connectivity index (χ0) is 20.8. The van der Waals surface area contributed by atoms with E-state index in [-0.39, 0.29) is 17.9 Å². The number of rotatable bonds is 7. The van der Waals surface area contributed by atoms with Crippen molar-refractivity contribution in [1.29, 1.82) is 0 Å². The Morgan fingerprint density at radius 1 is 1.24 bits per heavy atom. The van der Waals surface area contributed by atoms with Gasteiger partial charge in [0.25, 0.3) is 0 Å². The van der Waals surface area contributed by atoms with E-state index in [1.807, 2.05) is 31.2 Å². The fraction of sp³-hybridized carbons (Fsp3) is 0.409. The number of benzene rings is 1. The van der Waals surface area contributed by atoms with Crippen LogP contribution in [0.4, 0.5) is 5.82 Å². The molecule has 29 heavy (non-hydrogen) atoms. The van der Waals surface area contributed by atoms with Gasteiger partial charge in [-0.1, -0.05) is 43.3 Å². The standard InChI is InChI=1S/C22H29N5O2/c1-3-18-16(9-10-20(23)27-18)12-25-21(28)14(2)26-22(29)19-11-17(13-24-19)15-7-5-4-6-8-15/h4-10,14,17,19,24H,3,11-13H2,1-2H3,(H2,23,27)(H,25,28)(H,26,29)/t14-,17-,19+/m0/s1. The largest absolute Gasteiger partial charge is 0.384 e. The molecule has 1 aromatic heterocycles. The van der Waals surface area contributed by atoms with Crippen LogP contribution in [0.25, 0.3) is 0 Å². The molecule has 2 heterocycles. The normalized spacial score (nSPS) is 19.5. The summed E-state index contributed by atoms with van der Waals surface area (Å²) < 4.78 is 0. The summed E-state index contributed by atoms with van der Waals surface area (Å²) in [5.41, 5.74) is 8.74. The molecular weight excluding hydrogens is 366 g/mol. The summed E-state index contributed by atoms with van der Waals surface area (Å²) in [5.74, 6) is 0.404. The number of carbonyl (C=O) groups excluding carboxylic acids is 2. The third-order valence-electron chi connectivity index (χ3n) is 5.35. The van der Waals surface area contributed by atoms with Gasteiger partial charge in [0.2, 0.25) is 11.8 Å². The lowest BCUT2D eigenvalue weighted by Gasteiger charge is -2.18. The maximum atomic E-state index is 12.6. The third kappa shape index (κ3) is 5.32. The van der Waals surface area contributed by atoms with Crippen molar-refractivity contribution in [2.75, 3.05) is 12.3 Å². The van der Waals surface area contributed by atoms with E-state index in [4.69, 9.17) is 5.73 Å². The molecule has 0 spiro atoms. The highest BCUT2D eigenvalue weighted by atomic mass is 16.2. The molecule has 5 N–H and O–H groups in total. The molecular formula is C22H29N5O2. The summed E-state index contributed by atoms with van der Waals surface area (Å²) in [6.07, 6.45) is 1.46. The van der Waals surface area contributed by atoms with E-state index in [0.29, 0.717) is 18.3 Å². The maximum Gasteiger partial charge on any atom is 0.242 e. The number of aromatic nitrogens is 1. The zero-order valence-corrected chi connectivity index (χ0v) is 16.9. The first-order valence-corrected chi connectivity index (χ1v) is 10.1. The first-order chi connectivity index (χ1) is 14.0. The van der Waals surface area contributed by atoms with Gasteiger partial charge < -0.3 is 21.7 Å². The number of amides is 2. The van der Waals surface area contributed by atoms with Gasteiger partial charge in [-0.3, -0.25) is 9.59 Å². The van der Waals surface area contributed by atoms with Crippen molar-refractivity contribution in [3.05, 3.63) is 59.3 Å². The number of aryl methyl sites for hydroxylation is 1. The Labute approximate surface area is 171 Å². The van der Waals surface area contributed by atoms with E-state index in [2.05, 4.69) is 33.1 Å². The molecule has 7 heteroatoms. The zero-order valence-electron chi connectivity index (χ0n) is 16.9. The van der Waals surface area contributed by atoms with Crippen LogP contribution in [0.15, 0.2) is 42.5 Å². The van der Waals surface area contributed by atoms with Gasteiger partial charge in [-0.2, -0.15) is 0 Å². The molecule has 0 radical (unpaired) electrons. The van der Waals surface area contributed by atoms with Crippen LogP contribution in [0.2, 0.25) is 0 Å². The van der Waals surface area contributed by atoms with Gasteiger partial charge >= 0.3 is 0 Å². The number of hydrogen-bond acceptors (Lipinski definition) is 5. The van der Waals surface area contributed by atoms with Crippen molar-refractivity contribution in [2.24, 2.45) is 0 Å². The molecule has 0 saturated carbocycles. The number of hydrogen-bond donors (Lipinski definition) is 4. The fourth-order valence-electron chi connectivity index (χ4n) is 3.64. The van der Waals surface area contributed by atoms with Gasteiger partial charge in [0.15, 0.2) is 0 Å². The van der Waals surface area contributed by atoms with Gasteiger partial charge in [0, 0.05) is 18.8 Å². The monoisotopic (exact) mass is 395 g/mol. The second kappa shape index (κ2) is 9.52. The molecule has 2 aromatic rings. The van der Waals surface area contributed by atoms with E-state index in [1.54, 1.807) is 13.0 Å². The molecule has 1 fully saturated rings. The lowest BCUT2D eigenvalue weighted by Crippen LogP contribution is -2.50. The topological polar surface area (TPSA) is 109 Å². The highest BCUT2D eigenvalue weighted by Crippen LogP contribution is 2.25. The van der Waals surface area contributed by atoms with E-state index < -0.39 is 6.04 Å². The molecule has 1 aliphatic heterocycles. The van der Waals surface area contributed by atoms with Crippen molar-refractivity contribution < 1.29 is 9.59 Å². The van der Waals surface area contributed by atoms with Crippen LogP contribution in [-0.4, -0.2) is 35.4 Å². The summed E-state index contributed by atoms with van der Waals surface area (Å²) in [4.78, 5) is 29.3. The smallest absolute Gasteiger partial charge is 0.242 e. The van der Waals surface area contributed by atoms with Crippen LogP contribution >= 0.6 is 0 Å². The van der Waals surface area contributed by atoms with E-state index in [9.17, 15) is 9.59 Å². The predicted molar refractivity (Wildman–Crippen MR) is 113 cm³/mol. The average molecular weight is 396 g/mol. The summed E-state index contributed by atoms with van der Waals surface area (Å²) in [7, 11) is 0. The quantitative estimate of drug-likeness (QED) is 0.568. The molecule has 0 bridgehead atoms. The number of nitrogens with two attached hydrogens (primary N) is 1. The highest BCUT2D eigenvalue weighted by Gasteiger charge is 2.31. The first kappa shape index (κ1) is 20.8. The number of nitrogens with one attached hydrogen (secondary N) is 3. The van der Waals surface area contributed by atoms with Gasteiger partial charge in [-0.25, -0.2) is 4.98 Å². The molecule has 3 rings (SSSR count). The van der Waals surface area contributed by atoms with Gasteiger partial charge in [-0.15, -0.1) is 0 Å². The Morgan fingerprint density at radius 3 is 2.72 bits per heavy atom. The van der Waals surface area contributed by atoms with Crippen molar-refractivity contribution in [3.8, 4) is 0 Å². The number of anilines is 1. The first-order valence-electron chi connectivity index (χ1n) is 10.1. The van der Waals surface area contributed by atoms with Crippen molar-refractivity contribution in [1.82, 2.24) is 20.9 Å². The highest BCUT2D eigenvalue weighted by molar-refractivity contribution is 5.89. The minimum absolute atomic E-state index is 0.144. The Balaban J connectivity index is 1.49. The molecule has 3 atom stereocenters. The fourth-order valence-corrected chi connectivity index (χ4v) is 3.64. The summed E-state index contributed by atoms with van der Waals surface area (Å²) in [6.45, 7) is 4.80. The molecule has 0 aliphatic carbocycles.